The first kappa shape index (κ1) is 27.7. The molecule has 41 heavy (non-hydrogen) atoms. The molecule has 0 saturated carbocycles. The first-order valence-corrected chi connectivity index (χ1v) is 13.4. The van der Waals surface area contributed by atoms with Gasteiger partial charge in [-0.15, -0.1) is 0 Å². The van der Waals surface area contributed by atoms with Crippen LogP contribution >= 0.6 is 11.3 Å². The van der Waals surface area contributed by atoms with E-state index in [1.54, 1.807) is 50.2 Å². The lowest BCUT2D eigenvalue weighted by atomic mass is 9.95. The molecule has 1 aromatic heterocycles. The van der Waals surface area contributed by atoms with Crippen molar-refractivity contribution in [3.05, 3.63) is 84.5 Å². The quantitative estimate of drug-likeness (QED) is 0.333. The van der Waals surface area contributed by atoms with E-state index in [1.807, 2.05) is 0 Å². The van der Waals surface area contributed by atoms with Crippen molar-refractivity contribution in [2.24, 2.45) is 4.99 Å². The Morgan fingerprint density at radius 1 is 1.05 bits per heavy atom. The number of anilines is 1. The van der Waals surface area contributed by atoms with Crippen LogP contribution in [0, 0.1) is 0 Å². The van der Waals surface area contributed by atoms with Crippen molar-refractivity contribution in [3.8, 4) is 11.5 Å². The molecule has 5 rings (SSSR count). The van der Waals surface area contributed by atoms with E-state index in [2.05, 4.69) is 4.99 Å². The predicted molar refractivity (Wildman–Crippen MR) is 148 cm³/mol. The second-order valence-electron chi connectivity index (χ2n) is 9.18. The molecule has 12 heteroatoms. The summed E-state index contributed by atoms with van der Waals surface area (Å²) in [5.41, 5.74) is 1.26. The number of carbonyl (C=O) groups excluding carboxylic acids is 4. The summed E-state index contributed by atoms with van der Waals surface area (Å²) in [5.74, 6) is -1.94. The van der Waals surface area contributed by atoms with E-state index in [0.29, 0.717) is 22.5 Å². The zero-order chi connectivity index (χ0) is 29.6. The molecule has 0 saturated heterocycles. The van der Waals surface area contributed by atoms with Crippen molar-refractivity contribution >= 4 is 46.4 Å². The zero-order valence-corrected chi connectivity index (χ0v) is 23.7. The Morgan fingerprint density at radius 3 is 2.44 bits per heavy atom. The van der Waals surface area contributed by atoms with Crippen LogP contribution in [0.1, 0.15) is 44.9 Å². The van der Waals surface area contributed by atoms with Crippen LogP contribution in [0.15, 0.2) is 63.5 Å². The molecule has 0 radical (unpaired) electrons. The van der Waals surface area contributed by atoms with E-state index in [4.69, 9.17) is 14.2 Å². The second kappa shape index (κ2) is 10.6. The maximum absolute atomic E-state index is 14.2. The number of nitrogens with zero attached hydrogens (tertiary/aromatic N) is 3. The molecule has 3 aromatic rings. The Bertz CT molecular complexity index is 1870. The van der Waals surface area contributed by atoms with E-state index >= 15 is 0 Å². The fraction of sp³-hybridized carbons (Fsp3) is 0.241. The van der Waals surface area contributed by atoms with E-state index < -0.39 is 35.4 Å². The number of methoxy groups -OCH3 is 1. The molecular formula is C29H25N3O8S. The van der Waals surface area contributed by atoms with Crippen LogP contribution in [0.2, 0.25) is 0 Å². The Kier molecular flexibility index (Phi) is 7.18. The van der Waals surface area contributed by atoms with Gasteiger partial charge in [0.05, 0.1) is 42.3 Å². The third-order valence-corrected chi connectivity index (χ3v) is 7.68. The minimum Gasteiger partial charge on any atom is -0.493 e. The molecule has 11 nitrogen and oxygen atoms in total. The second-order valence-corrected chi connectivity index (χ2v) is 10.2. The Morgan fingerprint density at radius 2 is 1.78 bits per heavy atom. The molecule has 0 spiro atoms. The highest BCUT2D eigenvalue weighted by Gasteiger charge is 2.39. The van der Waals surface area contributed by atoms with E-state index in [-0.39, 0.29) is 38.6 Å². The molecule has 2 aliphatic heterocycles. The average Bonchev–Trinajstić information content (AvgIpc) is 3.40. The minimum absolute atomic E-state index is 0.0800. The predicted octanol–water partition coefficient (Wildman–Crippen LogP) is 2.00. The van der Waals surface area contributed by atoms with Crippen LogP contribution in [-0.2, 0) is 23.9 Å². The third-order valence-electron chi connectivity index (χ3n) is 6.62. The number of fused-ring (bicyclic) bond motifs is 2. The number of para-hydroxylation sites is 1. The molecule has 3 heterocycles. The zero-order valence-electron chi connectivity index (χ0n) is 22.8. The lowest BCUT2D eigenvalue weighted by Gasteiger charge is -2.25. The number of hydrogen-bond donors (Lipinski definition) is 0. The maximum atomic E-state index is 14.2. The van der Waals surface area contributed by atoms with Gasteiger partial charge in [-0.2, -0.15) is 0 Å². The van der Waals surface area contributed by atoms with Crippen LogP contribution in [0.3, 0.4) is 0 Å². The number of ether oxygens (including phenoxy) is 3. The van der Waals surface area contributed by atoms with Gasteiger partial charge in [-0.05, 0) is 37.6 Å². The molecule has 1 atom stereocenters. The summed E-state index contributed by atoms with van der Waals surface area (Å²) in [4.78, 5) is 70.7. The summed E-state index contributed by atoms with van der Waals surface area (Å²) < 4.78 is 17.4. The van der Waals surface area contributed by atoms with Gasteiger partial charge in [-0.3, -0.25) is 23.7 Å². The Balaban J connectivity index is 1.81. The van der Waals surface area contributed by atoms with Crippen molar-refractivity contribution < 1.29 is 33.4 Å². The number of allylic oxidation sites excluding steroid dienone is 1. The minimum atomic E-state index is -1.00. The summed E-state index contributed by atoms with van der Waals surface area (Å²) in [5, 5.41) is 0. The molecule has 0 aliphatic carbocycles. The molecule has 2 aromatic carbocycles. The highest BCUT2D eigenvalue weighted by Crippen LogP contribution is 2.37. The molecule has 2 amide bonds. The Hall–Kier alpha value is -4.84. The number of carbonyl (C=O) groups is 4. The van der Waals surface area contributed by atoms with E-state index in [9.17, 15) is 24.0 Å². The van der Waals surface area contributed by atoms with Gasteiger partial charge in [0.1, 0.15) is 4.53 Å². The molecule has 2 aliphatic rings. The van der Waals surface area contributed by atoms with Gasteiger partial charge in [-0.1, -0.05) is 35.6 Å². The van der Waals surface area contributed by atoms with Crippen molar-refractivity contribution in [2.45, 2.75) is 33.7 Å². The third kappa shape index (κ3) is 4.55. The largest absolute Gasteiger partial charge is 0.493 e. The number of imide groups is 1. The number of thiazole rings is 1. The Labute approximate surface area is 237 Å². The van der Waals surface area contributed by atoms with Crippen LogP contribution in [0.5, 0.6) is 11.5 Å². The number of benzene rings is 2. The number of rotatable bonds is 5. The van der Waals surface area contributed by atoms with Crippen LogP contribution < -0.4 is 29.3 Å². The molecule has 0 bridgehead atoms. The SMILES string of the molecule is CCOC(=O)C1=C(C)N=c2s/c(=C3\C(=O)N(C(C)=O)c4ccccc43)c(=O)n2[C@@H]1c1ccc(OC(C)=O)c(OC)c1. The van der Waals surface area contributed by atoms with Crippen molar-refractivity contribution in [1.82, 2.24) is 4.57 Å². The fourth-order valence-corrected chi connectivity index (χ4v) is 6.14. The molecular weight excluding hydrogens is 550 g/mol. The number of aromatic nitrogens is 1. The van der Waals surface area contributed by atoms with E-state index in [0.717, 1.165) is 16.2 Å². The van der Waals surface area contributed by atoms with Gasteiger partial charge >= 0.3 is 11.9 Å². The normalized spacial score (nSPS) is 17.0. The summed E-state index contributed by atoms with van der Waals surface area (Å²) in [6.45, 7) is 5.93. The maximum Gasteiger partial charge on any atom is 0.338 e. The number of esters is 2. The molecule has 0 unspecified atom stereocenters. The standard InChI is InChI=1S/C29H25N3O8S/c1-6-39-28(37)22-14(2)30-29-32(24(22)17-11-12-20(40-16(4)34)21(13-17)38-5)27(36)25(41-29)23-18-9-7-8-10-19(18)31(15(3)33)26(23)35/h7-13,24H,6H2,1-5H3/b25-23-/t24-/m1/s1. The summed E-state index contributed by atoms with van der Waals surface area (Å²) in [6, 6.07) is 10.4. The smallest absolute Gasteiger partial charge is 0.338 e. The van der Waals surface area contributed by atoms with Crippen LogP contribution in [0.4, 0.5) is 5.69 Å². The highest BCUT2D eigenvalue weighted by molar-refractivity contribution is 7.07. The summed E-state index contributed by atoms with van der Waals surface area (Å²) in [6.07, 6.45) is 0. The van der Waals surface area contributed by atoms with Gasteiger partial charge in [0.2, 0.25) is 5.91 Å². The lowest BCUT2D eigenvalue weighted by molar-refractivity contribution is -0.139. The van der Waals surface area contributed by atoms with Crippen LogP contribution in [-0.4, -0.2) is 42.0 Å². The molecule has 0 N–H and O–H groups in total. The van der Waals surface area contributed by atoms with Crippen molar-refractivity contribution in [1.29, 1.82) is 0 Å². The molecule has 0 fully saturated rings. The number of amides is 2. The topological polar surface area (TPSA) is 134 Å². The lowest BCUT2D eigenvalue weighted by Crippen LogP contribution is -2.41. The van der Waals surface area contributed by atoms with Gasteiger partial charge in [0.15, 0.2) is 16.3 Å². The first-order chi connectivity index (χ1) is 19.6. The van der Waals surface area contributed by atoms with Gasteiger partial charge < -0.3 is 14.2 Å². The van der Waals surface area contributed by atoms with Gasteiger partial charge in [0.25, 0.3) is 11.5 Å². The van der Waals surface area contributed by atoms with Crippen LogP contribution in [0.25, 0.3) is 5.57 Å². The average molecular weight is 576 g/mol. The molecule has 210 valence electrons. The summed E-state index contributed by atoms with van der Waals surface area (Å²) >= 11 is 0.992. The van der Waals surface area contributed by atoms with Gasteiger partial charge in [0, 0.05) is 19.4 Å². The summed E-state index contributed by atoms with van der Waals surface area (Å²) in [7, 11) is 1.40. The van der Waals surface area contributed by atoms with Crippen molar-refractivity contribution in [3.63, 3.8) is 0 Å². The number of hydrogen-bond acceptors (Lipinski definition) is 10. The first-order valence-electron chi connectivity index (χ1n) is 12.6. The van der Waals surface area contributed by atoms with Crippen molar-refractivity contribution in [2.75, 3.05) is 18.6 Å². The van der Waals surface area contributed by atoms with E-state index in [1.165, 1.54) is 31.6 Å². The fourth-order valence-electron chi connectivity index (χ4n) is 5.00. The monoisotopic (exact) mass is 575 g/mol. The highest BCUT2D eigenvalue weighted by atomic mass is 32.1. The van der Waals surface area contributed by atoms with Gasteiger partial charge in [-0.25, -0.2) is 14.7 Å².